The van der Waals surface area contributed by atoms with Gasteiger partial charge in [-0.2, -0.15) is 0 Å². The van der Waals surface area contributed by atoms with Crippen LogP contribution in [-0.4, -0.2) is 40.1 Å². The van der Waals surface area contributed by atoms with Gasteiger partial charge in [-0.15, -0.1) is 0 Å². The molecule has 1 saturated carbocycles. The van der Waals surface area contributed by atoms with Crippen molar-refractivity contribution in [2.75, 3.05) is 19.8 Å². The Bertz CT molecular complexity index is 703. The van der Waals surface area contributed by atoms with Gasteiger partial charge in [-0.05, 0) is 37.8 Å². The second kappa shape index (κ2) is 6.43. The molecule has 0 spiro atoms. The van der Waals surface area contributed by atoms with Gasteiger partial charge in [0.15, 0.2) is 5.76 Å². The molecule has 6 heteroatoms. The zero-order valence-corrected chi connectivity index (χ0v) is 14.0. The van der Waals surface area contributed by atoms with Gasteiger partial charge in [-0.25, -0.2) is 4.98 Å². The number of carbonyl (C=O) groups excluding carboxylic acids is 1. The fourth-order valence-corrected chi connectivity index (χ4v) is 3.45. The molecule has 1 atom stereocenters. The monoisotopic (exact) mass is 329 g/mol. The number of furan rings is 1. The van der Waals surface area contributed by atoms with Gasteiger partial charge in [0.25, 0.3) is 5.91 Å². The van der Waals surface area contributed by atoms with Crippen LogP contribution in [0.3, 0.4) is 0 Å². The average molecular weight is 329 g/mol. The normalized spacial score (nSPS) is 20.2. The molecule has 0 bridgehead atoms. The third-order valence-electron chi connectivity index (χ3n) is 4.82. The van der Waals surface area contributed by atoms with E-state index in [1.807, 2.05) is 18.2 Å². The van der Waals surface area contributed by atoms with E-state index >= 15 is 0 Å². The number of carbonyl (C=O) groups is 1. The lowest BCUT2D eigenvalue weighted by molar-refractivity contribution is 0.0615. The summed E-state index contributed by atoms with van der Waals surface area (Å²) in [7, 11) is 0. The van der Waals surface area contributed by atoms with Gasteiger partial charge in [-0.1, -0.05) is 0 Å². The smallest absolute Gasteiger partial charge is 0.289 e. The zero-order valence-electron chi connectivity index (χ0n) is 14.0. The Morgan fingerprint density at radius 1 is 1.46 bits per heavy atom. The van der Waals surface area contributed by atoms with Crippen LogP contribution in [0.4, 0.5) is 0 Å². The van der Waals surface area contributed by atoms with Crippen molar-refractivity contribution < 1.29 is 13.9 Å². The standard InChI is InChI=1S/C18H23N3O3/c1-2-23-11-14-9-20(18(22)16-4-3-7-24-16)10-15-17(14)21(12-19-15)8-13-5-6-13/h3-4,7,12-14H,2,5-6,8-11H2,1H3/t14-/m1/s1. The molecule has 0 aromatic carbocycles. The van der Waals surface area contributed by atoms with Gasteiger partial charge in [0.05, 0.1) is 31.4 Å². The molecule has 2 aliphatic rings. The molecule has 4 rings (SSSR count). The quantitative estimate of drug-likeness (QED) is 0.817. The summed E-state index contributed by atoms with van der Waals surface area (Å²) in [5, 5.41) is 0. The highest BCUT2D eigenvalue weighted by Gasteiger charge is 2.34. The summed E-state index contributed by atoms with van der Waals surface area (Å²) in [5.74, 6) is 1.25. The number of rotatable bonds is 6. The molecule has 0 unspecified atom stereocenters. The second-order valence-corrected chi connectivity index (χ2v) is 6.69. The molecule has 0 saturated heterocycles. The maximum absolute atomic E-state index is 12.6. The lowest BCUT2D eigenvalue weighted by Gasteiger charge is -2.32. The maximum atomic E-state index is 12.6. The van der Waals surface area contributed by atoms with Crippen molar-refractivity contribution in [3.63, 3.8) is 0 Å². The van der Waals surface area contributed by atoms with E-state index in [0.29, 0.717) is 32.1 Å². The van der Waals surface area contributed by atoms with Gasteiger partial charge in [0, 0.05) is 31.3 Å². The average Bonchev–Trinajstić information content (AvgIpc) is 3.09. The minimum Gasteiger partial charge on any atom is -0.459 e. The Balaban J connectivity index is 1.59. The molecular weight excluding hydrogens is 306 g/mol. The van der Waals surface area contributed by atoms with E-state index in [4.69, 9.17) is 9.15 Å². The molecule has 1 amide bonds. The Kier molecular flexibility index (Phi) is 4.14. The number of hydrogen-bond acceptors (Lipinski definition) is 4. The summed E-state index contributed by atoms with van der Waals surface area (Å²) >= 11 is 0. The summed E-state index contributed by atoms with van der Waals surface area (Å²) in [6.45, 7) is 5.50. The zero-order chi connectivity index (χ0) is 16.5. The number of aromatic nitrogens is 2. The van der Waals surface area contributed by atoms with E-state index in [1.54, 1.807) is 12.1 Å². The first-order valence-electron chi connectivity index (χ1n) is 8.70. The molecule has 2 aromatic heterocycles. The lowest BCUT2D eigenvalue weighted by Crippen LogP contribution is -2.40. The predicted molar refractivity (Wildman–Crippen MR) is 87.6 cm³/mol. The molecule has 0 N–H and O–H groups in total. The van der Waals surface area contributed by atoms with Crippen LogP contribution in [0.1, 0.15) is 47.6 Å². The lowest BCUT2D eigenvalue weighted by atomic mass is 9.98. The highest BCUT2D eigenvalue weighted by Crippen LogP contribution is 2.34. The van der Waals surface area contributed by atoms with Crippen LogP contribution in [0.5, 0.6) is 0 Å². The molecule has 1 aliphatic carbocycles. The third kappa shape index (κ3) is 2.98. The van der Waals surface area contributed by atoms with E-state index in [2.05, 4.69) is 9.55 Å². The number of nitrogens with zero attached hydrogens (tertiary/aromatic N) is 3. The van der Waals surface area contributed by atoms with Crippen molar-refractivity contribution in [2.45, 2.75) is 38.8 Å². The van der Waals surface area contributed by atoms with E-state index < -0.39 is 0 Å². The fraction of sp³-hybridized carbons (Fsp3) is 0.556. The predicted octanol–water partition coefficient (Wildman–Crippen LogP) is 2.66. The Morgan fingerprint density at radius 2 is 2.33 bits per heavy atom. The largest absolute Gasteiger partial charge is 0.459 e. The molecule has 128 valence electrons. The van der Waals surface area contributed by atoms with Crippen LogP contribution >= 0.6 is 0 Å². The molecule has 0 radical (unpaired) electrons. The summed E-state index contributed by atoms with van der Waals surface area (Å²) in [6.07, 6.45) is 6.09. The number of amides is 1. The molecular formula is C18H23N3O3. The van der Waals surface area contributed by atoms with Gasteiger partial charge in [0.1, 0.15) is 0 Å². The van der Waals surface area contributed by atoms with Gasteiger partial charge >= 0.3 is 0 Å². The SMILES string of the molecule is CCOC[C@H]1CN(C(=O)c2ccco2)Cc2ncn(CC3CC3)c21. The van der Waals surface area contributed by atoms with Crippen molar-refractivity contribution in [1.29, 1.82) is 0 Å². The van der Waals surface area contributed by atoms with Gasteiger partial charge < -0.3 is 18.6 Å². The molecule has 3 heterocycles. The Hall–Kier alpha value is -2.08. The number of hydrogen-bond donors (Lipinski definition) is 0. The van der Waals surface area contributed by atoms with E-state index in [-0.39, 0.29) is 11.8 Å². The third-order valence-corrected chi connectivity index (χ3v) is 4.82. The van der Waals surface area contributed by atoms with Crippen LogP contribution in [0.15, 0.2) is 29.1 Å². The minimum absolute atomic E-state index is 0.0797. The van der Waals surface area contributed by atoms with Crippen LogP contribution < -0.4 is 0 Å². The van der Waals surface area contributed by atoms with E-state index in [9.17, 15) is 4.79 Å². The first-order chi connectivity index (χ1) is 11.8. The van der Waals surface area contributed by atoms with E-state index in [0.717, 1.165) is 18.2 Å². The second-order valence-electron chi connectivity index (χ2n) is 6.69. The highest BCUT2D eigenvalue weighted by molar-refractivity contribution is 5.91. The first-order valence-corrected chi connectivity index (χ1v) is 8.70. The van der Waals surface area contributed by atoms with Crippen molar-refractivity contribution >= 4 is 5.91 Å². The highest BCUT2D eigenvalue weighted by atomic mass is 16.5. The minimum atomic E-state index is -0.0797. The molecule has 1 fully saturated rings. The fourth-order valence-electron chi connectivity index (χ4n) is 3.45. The van der Waals surface area contributed by atoms with Gasteiger partial charge in [0.2, 0.25) is 0 Å². The maximum Gasteiger partial charge on any atom is 0.289 e. The number of ether oxygens (including phenoxy) is 1. The Morgan fingerprint density at radius 3 is 3.04 bits per heavy atom. The topological polar surface area (TPSA) is 60.5 Å². The molecule has 6 nitrogen and oxygen atoms in total. The number of imidazole rings is 1. The summed E-state index contributed by atoms with van der Waals surface area (Å²) < 4.78 is 13.2. The molecule has 24 heavy (non-hydrogen) atoms. The van der Waals surface area contributed by atoms with Crippen LogP contribution in [0.25, 0.3) is 0 Å². The van der Waals surface area contributed by atoms with Crippen LogP contribution in [0.2, 0.25) is 0 Å². The van der Waals surface area contributed by atoms with Gasteiger partial charge in [-0.3, -0.25) is 4.79 Å². The van der Waals surface area contributed by atoms with E-state index in [1.165, 1.54) is 24.8 Å². The first kappa shape index (κ1) is 15.4. The van der Waals surface area contributed by atoms with Crippen molar-refractivity contribution in [3.05, 3.63) is 41.9 Å². The van der Waals surface area contributed by atoms with Crippen LogP contribution in [0, 0.1) is 5.92 Å². The molecule has 2 aromatic rings. The van der Waals surface area contributed by atoms with Crippen molar-refractivity contribution in [2.24, 2.45) is 5.92 Å². The Labute approximate surface area is 141 Å². The summed E-state index contributed by atoms with van der Waals surface area (Å²) in [6, 6.07) is 3.45. The van der Waals surface area contributed by atoms with Crippen molar-refractivity contribution in [3.8, 4) is 0 Å². The molecule has 1 aliphatic heterocycles. The summed E-state index contributed by atoms with van der Waals surface area (Å²) in [5.41, 5.74) is 2.24. The summed E-state index contributed by atoms with van der Waals surface area (Å²) in [4.78, 5) is 19.1. The number of fused-ring (bicyclic) bond motifs is 1. The van der Waals surface area contributed by atoms with Crippen LogP contribution in [-0.2, 0) is 17.8 Å². The van der Waals surface area contributed by atoms with Crippen molar-refractivity contribution in [1.82, 2.24) is 14.5 Å².